The number of carbonyl (C=O) groups is 1. The number of hydrazine groups is 2. The van der Waals surface area contributed by atoms with Crippen LogP contribution in [0.5, 0.6) is 0 Å². The molecule has 0 aromatic carbocycles. The summed E-state index contributed by atoms with van der Waals surface area (Å²) in [5, 5.41) is 21.0. The molecule has 85 valence electrons. The number of hydrogen-bond donors (Lipinski definition) is 3. The van der Waals surface area contributed by atoms with Crippen LogP contribution in [0.1, 0.15) is 6.92 Å². The zero-order valence-electron chi connectivity index (χ0n) is 8.28. The predicted octanol–water partition coefficient (Wildman–Crippen LogP) is -0.261. The van der Waals surface area contributed by atoms with Crippen LogP contribution in [0.3, 0.4) is 0 Å². The van der Waals surface area contributed by atoms with Gasteiger partial charge in [-0.1, -0.05) is 12.6 Å². The lowest BCUT2D eigenvalue weighted by Gasteiger charge is -2.26. The molecule has 2 rings (SSSR count). The molecule has 2 aliphatic rings. The molecule has 0 aromatic rings. The van der Waals surface area contributed by atoms with E-state index < -0.39 is 12.2 Å². The van der Waals surface area contributed by atoms with Crippen LogP contribution in [0.15, 0.2) is 27.6 Å². The van der Waals surface area contributed by atoms with Crippen molar-refractivity contribution in [1.29, 1.82) is 0 Å². The van der Waals surface area contributed by atoms with Crippen molar-refractivity contribution in [3.63, 3.8) is 0 Å². The summed E-state index contributed by atoms with van der Waals surface area (Å²) in [5.41, 5.74) is 2.65. The lowest BCUT2D eigenvalue weighted by atomic mass is 10.3. The number of carboxylic acid groups (broad SMARTS) is 1. The van der Waals surface area contributed by atoms with Crippen molar-refractivity contribution < 1.29 is 15.0 Å². The number of aliphatic carboxylic acids is 1. The Bertz CT molecular complexity index is 429. The first-order valence-electron chi connectivity index (χ1n) is 4.44. The molecule has 0 unspecified atom stereocenters. The highest BCUT2D eigenvalue weighted by atomic mass is 32.1. The van der Waals surface area contributed by atoms with Gasteiger partial charge in [-0.3, -0.25) is 5.01 Å². The van der Waals surface area contributed by atoms with Crippen molar-refractivity contribution in [2.75, 3.05) is 0 Å². The highest BCUT2D eigenvalue weighted by Gasteiger charge is 2.30. The Morgan fingerprint density at radius 3 is 2.94 bits per heavy atom. The molecule has 0 spiro atoms. The summed E-state index contributed by atoms with van der Waals surface area (Å²) in [7, 11) is 0. The second kappa shape index (κ2) is 3.74. The molecular weight excluding hydrogens is 232 g/mol. The van der Waals surface area contributed by atoms with E-state index in [1.54, 1.807) is 6.92 Å². The number of aliphatic imine (C=N–C) groups is 1. The van der Waals surface area contributed by atoms with Gasteiger partial charge in [-0.15, -0.1) is 5.53 Å². The Morgan fingerprint density at radius 1 is 1.69 bits per heavy atom. The molecule has 2 aliphatic heterocycles. The maximum absolute atomic E-state index is 10.8. The molecule has 0 saturated heterocycles. The van der Waals surface area contributed by atoms with Crippen molar-refractivity contribution in [2.45, 2.75) is 13.2 Å². The average Bonchev–Trinajstić information content (AvgIpc) is 2.62. The summed E-state index contributed by atoms with van der Waals surface area (Å²) in [6, 6.07) is 0. The van der Waals surface area contributed by atoms with Gasteiger partial charge in [-0.2, -0.15) is 0 Å². The van der Waals surface area contributed by atoms with E-state index >= 15 is 0 Å². The van der Waals surface area contributed by atoms with Gasteiger partial charge in [-0.25, -0.2) is 14.8 Å². The molecule has 2 heterocycles. The Balaban J connectivity index is 2.31. The van der Waals surface area contributed by atoms with Crippen LogP contribution >= 0.6 is 12.6 Å². The number of hydrogen-bond acceptors (Lipinski definition) is 6. The fourth-order valence-electron chi connectivity index (χ4n) is 1.26. The molecule has 3 N–H and O–H groups in total. The summed E-state index contributed by atoms with van der Waals surface area (Å²) >= 11 is 4.99. The number of nitrogens with zero attached hydrogens (tertiary/aromatic N) is 3. The molecule has 8 heteroatoms. The number of aliphatic hydroxyl groups is 1. The van der Waals surface area contributed by atoms with Crippen molar-refractivity contribution in [2.24, 2.45) is 4.99 Å². The molecule has 1 atom stereocenters. The Kier molecular flexibility index (Phi) is 2.54. The molecule has 0 bridgehead atoms. The van der Waals surface area contributed by atoms with Gasteiger partial charge in [0, 0.05) is 6.21 Å². The van der Waals surface area contributed by atoms with E-state index in [0.717, 1.165) is 0 Å². The normalized spacial score (nSPS) is 21.0. The fourth-order valence-corrected chi connectivity index (χ4v) is 1.54. The smallest absolute Gasteiger partial charge is 0.340 e. The topological polar surface area (TPSA) is 88.4 Å². The number of rotatable bonds is 2. The van der Waals surface area contributed by atoms with Crippen LogP contribution in [0.4, 0.5) is 0 Å². The van der Waals surface area contributed by atoms with Crippen LogP contribution in [-0.2, 0) is 4.79 Å². The minimum Gasteiger partial charge on any atom is -0.478 e. The summed E-state index contributed by atoms with van der Waals surface area (Å²) < 4.78 is 0. The number of nitrogens with one attached hydrogen (secondary N) is 1. The minimum absolute atomic E-state index is 0.0629. The minimum atomic E-state index is -1.13. The van der Waals surface area contributed by atoms with E-state index in [2.05, 4.69) is 10.5 Å². The highest BCUT2D eigenvalue weighted by molar-refractivity contribution is 7.84. The Labute approximate surface area is 96.7 Å². The standard InChI is InChI=1S/C8H9N4O3S/c1-4(13)11-3-6-9-2-5(8(14)15)7(16)12(6)10-11/h2-4,10,13H,1H3,(H,14,15)/t4-/m0/s1. The fraction of sp³-hybridized carbons (Fsp3) is 0.250. The summed E-state index contributed by atoms with van der Waals surface area (Å²) in [5.74, 6) is -0.694. The van der Waals surface area contributed by atoms with E-state index in [9.17, 15) is 9.90 Å². The van der Waals surface area contributed by atoms with Crippen molar-refractivity contribution >= 4 is 24.8 Å². The van der Waals surface area contributed by atoms with Crippen LogP contribution in [0.25, 0.3) is 0 Å². The van der Waals surface area contributed by atoms with E-state index in [1.807, 2.05) is 0 Å². The largest absolute Gasteiger partial charge is 0.478 e. The maximum Gasteiger partial charge on any atom is 0.340 e. The van der Waals surface area contributed by atoms with E-state index in [1.165, 1.54) is 22.4 Å². The lowest BCUT2D eigenvalue weighted by Crippen LogP contribution is -2.44. The highest BCUT2D eigenvalue weighted by Crippen LogP contribution is 2.26. The third-order valence-electron chi connectivity index (χ3n) is 2.09. The quantitative estimate of drug-likeness (QED) is 0.617. The third-order valence-corrected chi connectivity index (χ3v) is 2.49. The van der Waals surface area contributed by atoms with Crippen molar-refractivity contribution in [1.82, 2.24) is 15.6 Å². The van der Waals surface area contributed by atoms with Gasteiger partial charge in [0.1, 0.15) is 16.8 Å². The number of carboxylic acids is 1. The van der Waals surface area contributed by atoms with Gasteiger partial charge in [0.2, 0.25) is 0 Å². The summed E-state index contributed by atoms with van der Waals surface area (Å²) in [6.07, 6.45) is 1.95. The molecule has 0 fully saturated rings. The van der Waals surface area contributed by atoms with E-state index in [-0.39, 0.29) is 10.6 Å². The zero-order valence-corrected chi connectivity index (χ0v) is 9.10. The first-order chi connectivity index (χ1) is 7.50. The zero-order chi connectivity index (χ0) is 11.9. The maximum atomic E-state index is 10.8. The third kappa shape index (κ3) is 1.62. The first kappa shape index (κ1) is 10.9. The first-order valence-corrected chi connectivity index (χ1v) is 4.85. The van der Waals surface area contributed by atoms with Gasteiger partial charge >= 0.3 is 5.97 Å². The molecule has 7 nitrogen and oxygen atoms in total. The Hall–Kier alpha value is -1.64. The average molecular weight is 241 g/mol. The molecule has 16 heavy (non-hydrogen) atoms. The van der Waals surface area contributed by atoms with Gasteiger partial charge in [0.25, 0.3) is 0 Å². The van der Waals surface area contributed by atoms with Crippen LogP contribution in [0, 0.1) is 0 Å². The van der Waals surface area contributed by atoms with Crippen molar-refractivity contribution in [3.8, 4) is 0 Å². The molecule has 0 saturated carbocycles. The van der Waals surface area contributed by atoms with Crippen molar-refractivity contribution in [3.05, 3.63) is 22.6 Å². The lowest BCUT2D eigenvalue weighted by molar-refractivity contribution is -0.132. The van der Waals surface area contributed by atoms with Gasteiger partial charge in [0.05, 0.1) is 6.20 Å². The van der Waals surface area contributed by atoms with Crippen LogP contribution < -0.4 is 5.53 Å². The van der Waals surface area contributed by atoms with E-state index in [4.69, 9.17) is 17.7 Å². The summed E-state index contributed by atoms with van der Waals surface area (Å²) in [4.78, 5) is 14.7. The van der Waals surface area contributed by atoms with Gasteiger partial charge < -0.3 is 10.2 Å². The van der Waals surface area contributed by atoms with Crippen LogP contribution in [0.2, 0.25) is 0 Å². The second-order valence-electron chi connectivity index (χ2n) is 3.24. The predicted molar refractivity (Wildman–Crippen MR) is 57.3 cm³/mol. The van der Waals surface area contributed by atoms with Gasteiger partial charge in [0.15, 0.2) is 5.82 Å². The monoisotopic (exact) mass is 241 g/mol. The molecule has 0 aliphatic carbocycles. The number of fused-ring (bicyclic) bond motifs is 1. The molecular formula is C8H9N4O3S. The molecule has 0 amide bonds. The molecule has 1 radical (unpaired) electrons. The second-order valence-corrected chi connectivity index (χ2v) is 3.63. The van der Waals surface area contributed by atoms with E-state index in [0.29, 0.717) is 5.82 Å². The summed E-state index contributed by atoms with van der Waals surface area (Å²) in [6.45, 7) is 1.55. The number of aliphatic hydroxyl groups excluding tert-OH is 1. The molecule has 0 aromatic heterocycles. The van der Waals surface area contributed by atoms with Crippen LogP contribution in [-0.4, -0.2) is 38.6 Å². The Morgan fingerprint density at radius 2 is 2.38 bits per heavy atom. The SMILES string of the molecule is C[C@H](O)N1C=C2N=CC(C(=O)O)=C([S])N2N1. The van der Waals surface area contributed by atoms with Gasteiger partial charge in [-0.05, 0) is 6.92 Å².